The van der Waals surface area contributed by atoms with Crippen LogP contribution in [0.1, 0.15) is 58.8 Å². The maximum absolute atomic E-state index is 12.9. The van der Waals surface area contributed by atoms with E-state index < -0.39 is 34.1 Å². The van der Waals surface area contributed by atoms with Crippen molar-refractivity contribution in [2.45, 2.75) is 70.9 Å². The summed E-state index contributed by atoms with van der Waals surface area (Å²) >= 11 is 0.918. The first-order valence-electron chi connectivity index (χ1n) is 12.0. The van der Waals surface area contributed by atoms with E-state index in [1.165, 1.54) is 11.8 Å². The molecule has 0 aromatic carbocycles. The lowest BCUT2D eigenvalue weighted by molar-refractivity contribution is -0.757. The largest absolute Gasteiger partial charge is 0.464 e. The third kappa shape index (κ3) is 13.1. The predicted octanol–water partition coefficient (Wildman–Crippen LogP) is 1.29. The second-order valence-corrected chi connectivity index (χ2v) is 9.48. The molecule has 0 spiro atoms. The fourth-order valence-corrected chi connectivity index (χ4v) is 4.34. The van der Waals surface area contributed by atoms with Gasteiger partial charge in [-0.3, -0.25) is 14.4 Å². The Morgan fingerprint density at radius 2 is 1.59 bits per heavy atom. The van der Waals surface area contributed by atoms with Crippen molar-refractivity contribution in [1.82, 2.24) is 10.2 Å². The van der Waals surface area contributed by atoms with Gasteiger partial charge in [0, 0.05) is 24.6 Å². The monoisotopic (exact) mass is 550 g/mol. The molecular weight excluding hydrogens is 516 g/mol. The van der Waals surface area contributed by atoms with Gasteiger partial charge >= 0.3 is 5.97 Å². The lowest BCUT2D eigenvalue weighted by Gasteiger charge is -2.26. The normalized spacial score (nSPS) is 16.4. The predicted molar refractivity (Wildman–Crippen MR) is 129 cm³/mol. The van der Waals surface area contributed by atoms with Gasteiger partial charge in [-0.05, 0) is 45.4 Å². The van der Waals surface area contributed by atoms with Crippen LogP contribution in [-0.4, -0.2) is 82.2 Å². The Bertz CT molecular complexity index is 813. The SMILES string of the molecule is CC(NC(=O)CCCCO[N+](=O)[O-])C(=O)SC[C@@H](C)C(=O)N1CCC[C@H]1C(=O)OCCCCO[N+](=O)[O-]. The van der Waals surface area contributed by atoms with E-state index in [1.807, 2.05) is 0 Å². The van der Waals surface area contributed by atoms with Crippen LogP contribution < -0.4 is 5.32 Å². The number of carbonyl (C=O) groups excluding carboxylic acids is 4. The van der Waals surface area contributed by atoms with Gasteiger partial charge in [0.1, 0.15) is 6.04 Å². The fourth-order valence-electron chi connectivity index (χ4n) is 3.47. The lowest BCUT2D eigenvalue weighted by atomic mass is 10.1. The molecule has 1 aliphatic heterocycles. The Labute approximate surface area is 218 Å². The number of ether oxygens (including phenoxy) is 1. The van der Waals surface area contributed by atoms with Crippen LogP contribution in [0.5, 0.6) is 0 Å². The number of nitrogens with zero attached hydrogens (tertiary/aromatic N) is 3. The highest BCUT2D eigenvalue weighted by Crippen LogP contribution is 2.23. The highest BCUT2D eigenvalue weighted by atomic mass is 32.2. The Morgan fingerprint density at radius 3 is 2.22 bits per heavy atom. The average molecular weight is 551 g/mol. The van der Waals surface area contributed by atoms with Crippen LogP contribution in [0.3, 0.4) is 0 Å². The molecule has 15 nitrogen and oxygen atoms in total. The number of thioether (sulfide) groups is 1. The van der Waals surface area contributed by atoms with Crippen LogP contribution in [0.4, 0.5) is 0 Å². The van der Waals surface area contributed by atoms with E-state index in [0.29, 0.717) is 45.1 Å². The summed E-state index contributed by atoms with van der Waals surface area (Å²) in [4.78, 5) is 79.7. The van der Waals surface area contributed by atoms with Gasteiger partial charge in [-0.2, -0.15) is 0 Å². The molecule has 0 radical (unpaired) electrons. The van der Waals surface area contributed by atoms with Crippen molar-refractivity contribution < 1.29 is 43.8 Å². The molecular formula is C21H34N4O11S. The molecule has 1 N–H and O–H groups in total. The van der Waals surface area contributed by atoms with Gasteiger partial charge in [0.15, 0.2) is 0 Å². The van der Waals surface area contributed by atoms with Gasteiger partial charge < -0.3 is 24.6 Å². The van der Waals surface area contributed by atoms with Crippen molar-refractivity contribution in [2.24, 2.45) is 5.92 Å². The summed E-state index contributed by atoms with van der Waals surface area (Å²) in [7, 11) is 0. The number of unbranched alkanes of at least 4 members (excludes halogenated alkanes) is 2. The Balaban J connectivity index is 2.35. The van der Waals surface area contributed by atoms with E-state index in [0.717, 1.165) is 11.8 Å². The summed E-state index contributed by atoms with van der Waals surface area (Å²) in [6.07, 6.45) is 2.64. The molecule has 1 aliphatic rings. The molecule has 1 unspecified atom stereocenters. The molecule has 1 fully saturated rings. The molecule has 0 aliphatic carbocycles. The molecule has 0 aromatic heterocycles. The molecule has 0 aromatic rings. The zero-order valence-electron chi connectivity index (χ0n) is 21.0. The van der Waals surface area contributed by atoms with Crippen molar-refractivity contribution in [3.05, 3.63) is 20.2 Å². The van der Waals surface area contributed by atoms with Crippen LogP contribution in [0.2, 0.25) is 0 Å². The van der Waals surface area contributed by atoms with E-state index in [9.17, 15) is 39.4 Å². The Hall–Kier alpha value is -3.17. The Morgan fingerprint density at radius 1 is 1.00 bits per heavy atom. The number of hydrogen-bond donors (Lipinski definition) is 1. The number of nitrogens with one attached hydrogen (secondary N) is 1. The van der Waals surface area contributed by atoms with Crippen LogP contribution in [0.15, 0.2) is 0 Å². The standard InChI is InChI=1S/C21H34N4O11S/c1-15(14-37-21(29)16(2)22-18(26)9-3-4-12-35-24(30)31)19(27)23-10-7-8-17(23)20(28)34-11-5-6-13-36-25(32)33/h15-17H,3-14H2,1-2H3,(H,22,26)/t15-,16?,17+/m1/s1. The first kappa shape index (κ1) is 31.9. The summed E-state index contributed by atoms with van der Waals surface area (Å²) in [6, 6.07) is -1.49. The van der Waals surface area contributed by atoms with Crippen molar-refractivity contribution in [3.63, 3.8) is 0 Å². The maximum Gasteiger partial charge on any atom is 0.328 e. The topological polar surface area (TPSA) is 198 Å². The molecule has 0 bridgehead atoms. The number of carbonyl (C=O) groups is 4. The van der Waals surface area contributed by atoms with Gasteiger partial charge in [-0.1, -0.05) is 18.7 Å². The van der Waals surface area contributed by atoms with E-state index in [-0.39, 0.29) is 48.9 Å². The maximum atomic E-state index is 12.9. The molecule has 37 heavy (non-hydrogen) atoms. The van der Waals surface area contributed by atoms with Crippen molar-refractivity contribution in [3.8, 4) is 0 Å². The molecule has 1 heterocycles. The van der Waals surface area contributed by atoms with Crippen LogP contribution in [0.25, 0.3) is 0 Å². The molecule has 210 valence electrons. The van der Waals surface area contributed by atoms with E-state index in [4.69, 9.17) is 4.74 Å². The second-order valence-electron chi connectivity index (χ2n) is 8.46. The van der Waals surface area contributed by atoms with Crippen molar-refractivity contribution in [1.29, 1.82) is 0 Å². The number of amides is 2. The Kier molecular flexibility index (Phi) is 14.9. The minimum absolute atomic E-state index is 0.0641. The number of esters is 1. The zero-order chi connectivity index (χ0) is 27.8. The van der Waals surface area contributed by atoms with E-state index in [1.54, 1.807) is 6.92 Å². The van der Waals surface area contributed by atoms with Crippen molar-refractivity contribution >= 4 is 34.7 Å². The summed E-state index contributed by atoms with van der Waals surface area (Å²) in [6.45, 7) is 3.47. The van der Waals surface area contributed by atoms with E-state index in [2.05, 4.69) is 15.0 Å². The minimum Gasteiger partial charge on any atom is -0.464 e. The fraction of sp³-hybridized carbons (Fsp3) is 0.810. The molecule has 1 rings (SSSR count). The third-order valence-corrected chi connectivity index (χ3v) is 6.72. The van der Waals surface area contributed by atoms with Gasteiger partial charge in [-0.25, -0.2) is 4.79 Å². The van der Waals surface area contributed by atoms with Gasteiger partial charge in [0.2, 0.25) is 16.9 Å². The first-order chi connectivity index (χ1) is 17.5. The first-order valence-corrected chi connectivity index (χ1v) is 13.0. The van der Waals surface area contributed by atoms with Crippen LogP contribution in [0, 0.1) is 26.1 Å². The quantitative estimate of drug-likeness (QED) is 0.111. The van der Waals surface area contributed by atoms with Gasteiger partial charge in [0.25, 0.3) is 10.2 Å². The lowest BCUT2D eigenvalue weighted by Crippen LogP contribution is -2.44. The summed E-state index contributed by atoms with van der Waals surface area (Å²) in [5.74, 6) is -1.54. The number of rotatable bonds is 18. The molecule has 3 atom stereocenters. The van der Waals surface area contributed by atoms with Crippen LogP contribution in [-0.2, 0) is 33.6 Å². The zero-order valence-corrected chi connectivity index (χ0v) is 21.8. The molecule has 2 amide bonds. The van der Waals surface area contributed by atoms with Crippen LogP contribution >= 0.6 is 11.8 Å². The van der Waals surface area contributed by atoms with Gasteiger partial charge in [0.05, 0.1) is 25.9 Å². The highest BCUT2D eigenvalue weighted by molar-refractivity contribution is 8.13. The number of hydrogen-bond acceptors (Lipinski definition) is 12. The van der Waals surface area contributed by atoms with E-state index >= 15 is 0 Å². The third-order valence-electron chi connectivity index (χ3n) is 5.41. The summed E-state index contributed by atoms with van der Waals surface area (Å²) in [5.41, 5.74) is 0. The minimum atomic E-state index is -0.900. The van der Waals surface area contributed by atoms with Crippen molar-refractivity contribution in [2.75, 3.05) is 32.1 Å². The molecule has 1 saturated heterocycles. The summed E-state index contributed by atoms with van der Waals surface area (Å²) < 4.78 is 5.22. The highest BCUT2D eigenvalue weighted by Gasteiger charge is 2.37. The summed E-state index contributed by atoms with van der Waals surface area (Å²) in [5, 5.41) is 20.6. The van der Waals surface area contributed by atoms with Gasteiger partial charge in [-0.15, -0.1) is 20.2 Å². The second kappa shape index (κ2) is 17.3. The smallest absolute Gasteiger partial charge is 0.328 e. The number of likely N-dealkylation sites (tertiary alicyclic amines) is 1. The molecule has 0 saturated carbocycles. The molecule has 16 heteroatoms. The average Bonchev–Trinajstić information content (AvgIpc) is 3.33.